The molecule has 6 nitrogen and oxygen atoms in total. The average molecular weight is 397 g/mol. The summed E-state index contributed by atoms with van der Waals surface area (Å²) in [6.07, 6.45) is 1.39. The Kier molecular flexibility index (Phi) is 4.35. The molecule has 0 spiro atoms. The number of aryl methyl sites for hydroxylation is 1. The first-order valence-electron chi connectivity index (χ1n) is 8.51. The topological polar surface area (TPSA) is 70.6 Å². The van der Waals surface area contributed by atoms with Gasteiger partial charge in [-0.05, 0) is 42.8 Å². The highest BCUT2D eigenvalue weighted by Crippen LogP contribution is 2.38. The van der Waals surface area contributed by atoms with E-state index in [9.17, 15) is 17.6 Å². The molecule has 28 heavy (non-hydrogen) atoms. The number of carbonyl (C=O) groups is 1. The number of benzene rings is 2. The van der Waals surface area contributed by atoms with Crippen LogP contribution in [0.3, 0.4) is 0 Å². The van der Waals surface area contributed by atoms with Crippen LogP contribution in [0.4, 0.5) is 20.7 Å². The number of carbonyl (C=O) groups excluding carboxylic acids is 1. The highest BCUT2D eigenvalue weighted by Gasteiger charge is 2.43. The van der Waals surface area contributed by atoms with E-state index in [1.54, 1.807) is 12.1 Å². The lowest BCUT2D eigenvalue weighted by Crippen LogP contribution is -2.48. The fraction of sp³-hybridized carbons (Fsp3) is 0.100. The third-order valence-electron chi connectivity index (χ3n) is 4.45. The number of nitrogens with zero attached hydrogens (tertiary/aromatic N) is 3. The van der Waals surface area contributed by atoms with Crippen molar-refractivity contribution in [2.75, 3.05) is 4.90 Å². The molecular formula is C20H16FN3O3S. The standard InChI is InChI=1S/C20H16FN3O3S/c1-14-7-9-15(10-8-14)13-23-20(25)24(17-5-2-4-16(21)12-17)19-18(28(23,26)27)6-3-11-22-19/h2-12H,13H2,1H3. The largest absolute Gasteiger partial charge is 0.344 e. The molecule has 0 aliphatic carbocycles. The van der Waals surface area contributed by atoms with Crippen molar-refractivity contribution < 1.29 is 17.6 Å². The number of pyridine rings is 1. The number of rotatable bonds is 3. The minimum atomic E-state index is -4.11. The monoisotopic (exact) mass is 397 g/mol. The Balaban J connectivity index is 1.86. The minimum Gasteiger partial charge on any atom is -0.246 e. The highest BCUT2D eigenvalue weighted by molar-refractivity contribution is 7.90. The quantitative estimate of drug-likeness (QED) is 0.670. The Hall–Kier alpha value is -3.26. The molecule has 0 unspecified atom stereocenters. The molecule has 2 heterocycles. The van der Waals surface area contributed by atoms with Gasteiger partial charge in [0.2, 0.25) is 0 Å². The van der Waals surface area contributed by atoms with E-state index >= 15 is 0 Å². The van der Waals surface area contributed by atoms with Crippen molar-refractivity contribution in [1.82, 2.24) is 9.29 Å². The molecule has 0 radical (unpaired) electrons. The maximum absolute atomic E-state index is 13.8. The van der Waals surface area contributed by atoms with Gasteiger partial charge in [-0.2, -0.15) is 0 Å². The van der Waals surface area contributed by atoms with Crippen molar-refractivity contribution in [2.24, 2.45) is 0 Å². The molecule has 142 valence electrons. The highest BCUT2D eigenvalue weighted by atomic mass is 32.2. The summed E-state index contributed by atoms with van der Waals surface area (Å²) in [5.74, 6) is -0.584. The van der Waals surface area contributed by atoms with Gasteiger partial charge in [-0.1, -0.05) is 35.9 Å². The summed E-state index contributed by atoms with van der Waals surface area (Å²) in [7, 11) is -4.11. The van der Waals surface area contributed by atoms with Gasteiger partial charge in [-0.3, -0.25) is 0 Å². The molecule has 0 N–H and O–H groups in total. The van der Waals surface area contributed by atoms with E-state index < -0.39 is 21.9 Å². The Labute approximate surface area is 161 Å². The zero-order valence-electron chi connectivity index (χ0n) is 14.9. The lowest BCUT2D eigenvalue weighted by Gasteiger charge is -2.35. The minimum absolute atomic E-state index is 0.0433. The van der Waals surface area contributed by atoms with Gasteiger partial charge in [0.15, 0.2) is 5.82 Å². The Morgan fingerprint density at radius 3 is 2.50 bits per heavy atom. The molecule has 2 amide bonds. The number of fused-ring (bicyclic) bond motifs is 1. The first kappa shape index (κ1) is 18.1. The van der Waals surface area contributed by atoms with E-state index in [-0.39, 0.29) is 22.9 Å². The summed E-state index contributed by atoms with van der Waals surface area (Å²) in [4.78, 5) is 18.3. The summed E-state index contributed by atoms with van der Waals surface area (Å²) in [6.45, 7) is 1.78. The van der Waals surface area contributed by atoms with Gasteiger partial charge in [-0.15, -0.1) is 0 Å². The van der Waals surface area contributed by atoms with Crippen LogP contribution >= 0.6 is 0 Å². The lowest BCUT2D eigenvalue weighted by molar-refractivity contribution is 0.229. The van der Waals surface area contributed by atoms with Crippen molar-refractivity contribution >= 4 is 27.6 Å². The van der Waals surface area contributed by atoms with Gasteiger partial charge in [-0.25, -0.2) is 31.8 Å². The third-order valence-corrected chi connectivity index (χ3v) is 6.19. The van der Waals surface area contributed by atoms with Crippen LogP contribution < -0.4 is 4.90 Å². The van der Waals surface area contributed by atoms with Crippen molar-refractivity contribution in [2.45, 2.75) is 18.4 Å². The summed E-state index contributed by atoms with van der Waals surface area (Å²) in [5.41, 5.74) is 1.88. The van der Waals surface area contributed by atoms with Crippen molar-refractivity contribution in [3.63, 3.8) is 0 Å². The van der Waals surface area contributed by atoms with Gasteiger partial charge in [0.05, 0.1) is 12.2 Å². The summed E-state index contributed by atoms with van der Waals surface area (Å²) < 4.78 is 40.7. The molecular weight excluding hydrogens is 381 g/mol. The number of halogens is 1. The van der Waals surface area contributed by atoms with Gasteiger partial charge in [0.25, 0.3) is 10.0 Å². The maximum Gasteiger partial charge on any atom is 0.344 e. The summed E-state index contributed by atoms with van der Waals surface area (Å²) in [6, 6.07) is 14.7. The van der Waals surface area contributed by atoms with Crippen molar-refractivity contribution in [1.29, 1.82) is 0 Å². The zero-order valence-corrected chi connectivity index (χ0v) is 15.7. The van der Waals surface area contributed by atoms with Crippen LogP contribution in [-0.2, 0) is 16.6 Å². The first-order chi connectivity index (χ1) is 13.4. The average Bonchev–Trinajstić information content (AvgIpc) is 2.67. The van der Waals surface area contributed by atoms with Crippen LogP contribution in [0.25, 0.3) is 0 Å². The predicted octanol–water partition coefficient (Wildman–Crippen LogP) is 3.99. The molecule has 3 aromatic rings. The summed E-state index contributed by atoms with van der Waals surface area (Å²) >= 11 is 0. The molecule has 8 heteroatoms. The van der Waals surface area contributed by atoms with Gasteiger partial charge in [0.1, 0.15) is 10.7 Å². The molecule has 0 saturated carbocycles. The van der Waals surface area contributed by atoms with E-state index in [4.69, 9.17) is 0 Å². The second-order valence-electron chi connectivity index (χ2n) is 6.42. The SMILES string of the molecule is Cc1ccc(CN2C(=O)N(c3cccc(F)c3)c3ncccc3S2(=O)=O)cc1. The molecule has 0 bridgehead atoms. The fourth-order valence-electron chi connectivity index (χ4n) is 3.04. The van der Waals surface area contributed by atoms with Crippen LogP contribution in [0.5, 0.6) is 0 Å². The van der Waals surface area contributed by atoms with Crippen LogP contribution in [0.1, 0.15) is 11.1 Å². The van der Waals surface area contributed by atoms with Crippen LogP contribution in [-0.4, -0.2) is 23.7 Å². The predicted molar refractivity (Wildman–Crippen MR) is 102 cm³/mol. The van der Waals surface area contributed by atoms with E-state index in [0.717, 1.165) is 14.8 Å². The van der Waals surface area contributed by atoms with Crippen molar-refractivity contribution in [3.8, 4) is 0 Å². The normalized spacial score (nSPS) is 15.4. The number of aromatic nitrogens is 1. The number of amides is 2. The first-order valence-corrected chi connectivity index (χ1v) is 9.95. The number of urea groups is 1. The van der Waals surface area contributed by atoms with Gasteiger partial charge >= 0.3 is 6.03 Å². The van der Waals surface area contributed by atoms with E-state index in [2.05, 4.69) is 4.98 Å². The zero-order chi connectivity index (χ0) is 19.9. The van der Waals surface area contributed by atoms with Crippen LogP contribution in [0.15, 0.2) is 71.8 Å². The third kappa shape index (κ3) is 3.01. The maximum atomic E-state index is 13.8. The molecule has 0 saturated heterocycles. The molecule has 0 atom stereocenters. The Morgan fingerprint density at radius 1 is 1.04 bits per heavy atom. The number of hydrogen-bond acceptors (Lipinski definition) is 4. The smallest absolute Gasteiger partial charge is 0.246 e. The molecule has 1 aliphatic rings. The molecule has 0 fully saturated rings. The molecule has 2 aromatic carbocycles. The van der Waals surface area contributed by atoms with E-state index in [0.29, 0.717) is 5.56 Å². The Bertz CT molecular complexity index is 1160. The van der Waals surface area contributed by atoms with Crippen molar-refractivity contribution in [3.05, 3.63) is 83.8 Å². The second kappa shape index (κ2) is 6.72. The number of anilines is 2. The summed E-state index contributed by atoms with van der Waals surface area (Å²) in [5, 5.41) is 0. The van der Waals surface area contributed by atoms with Gasteiger partial charge < -0.3 is 0 Å². The van der Waals surface area contributed by atoms with Crippen LogP contribution in [0, 0.1) is 12.7 Å². The second-order valence-corrected chi connectivity index (χ2v) is 8.25. The molecule has 1 aliphatic heterocycles. The number of hydrogen-bond donors (Lipinski definition) is 0. The lowest BCUT2D eigenvalue weighted by atomic mass is 10.1. The van der Waals surface area contributed by atoms with Crippen LogP contribution in [0.2, 0.25) is 0 Å². The van der Waals surface area contributed by atoms with Gasteiger partial charge in [0, 0.05) is 6.20 Å². The molecule has 4 rings (SSSR count). The van der Waals surface area contributed by atoms with E-state index in [1.807, 2.05) is 19.1 Å². The van der Waals surface area contributed by atoms with E-state index in [1.165, 1.54) is 42.6 Å². The number of sulfonamides is 1. The molecule has 1 aromatic heterocycles. The Morgan fingerprint density at radius 2 is 1.79 bits per heavy atom. The fourth-order valence-corrected chi connectivity index (χ4v) is 4.50.